The standard InChI is InChI=1S/C24H35N3O11/c1-11-15(9-17(21(30)31)38-18(11)20-19(35-12(2)28)16(29)10-34-20)26-23(25)27-24(33)37-13(3)36-22(32)14-7-5-4-6-8-14/h9,11,13-16,18-20,29H,4-8,10H2,1-3H3,(H,30,31)(H3,25,26,27,33)/t11-,13?,15+,16-,18-,19-,20+/m1/s1. The molecule has 0 aromatic carbocycles. The summed E-state index contributed by atoms with van der Waals surface area (Å²) in [5, 5.41) is 21.9. The Balaban J connectivity index is 1.64. The number of carbonyl (C=O) groups is 4. The van der Waals surface area contributed by atoms with Crippen molar-refractivity contribution in [2.45, 2.75) is 89.6 Å². The number of nitrogens with one attached hydrogen (secondary N) is 1. The van der Waals surface area contributed by atoms with Crippen LogP contribution < -0.4 is 11.1 Å². The molecule has 0 aromatic heterocycles. The van der Waals surface area contributed by atoms with E-state index in [0.29, 0.717) is 0 Å². The first-order valence-electron chi connectivity index (χ1n) is 12.6. The highest BCUT2D eigenvalue weighted by Gasteiger charge is 2.49. The van der Waals surface area contributed by atoms with Crippen molar-refractivity contribution < 1.29 is 53.1 Å². The van der Waals surface area contributed by atoms with Gasteiger partial charge in [-0.05, 0) is 18.9 Å². The van der Waals surface area contributed by atoms with E-state index in [0.717, 1.165) is 32.1 Å². The maximum atomic E-state index is 12.3. The minimum absolute atomic E-state index is 0.145. The third-order valence-electron chi connectivity index (χ3n) is 6.65. The molecule has 38 heavy (non-hydrogen) atoms. The zero-order valence-corrected chi connectivity index (χ0v) is 21.5. The molecule has 212 valence electrons. The second-order valence-electron chi connectivity index (χ2n) is 9.59. The van der Waals surface area contributed by atoms with Crippen LogP contribution in [-0.4, -0.2) is 83.5 Å². The lowest BCUT2D eigenvalue weighted by molar-refractivity contribution is -0.170. The first-order chi connectivity index (χ1) is 18.0. The van der Waals surface area contributed by atoms with Crippen molar-refractivity contribution in [3.8, 4) is 0 Å². The van der Waals surface area contributed by atoms with E-state index in [2.05, 4.69) is 10.3 Å². The number of ether oxygens (including phenoxy) is 5. The lowest BCUT2D eigenvalue weighted by atomic mass is 9.87. The van der Waals surface area contributed by atoms with Crippen LogP contribution >= 0.6 is 0 Å². The van der Waals surface area contributed by atoms with Crippen molar-refractivity contribution >= 4 is 30.0 Å². The summed E-state index contributed by atoms with van der Waals surface area (Å²) in [6.45, 7) is 4.10. The molecule has 1 aliphatic carbocycles. The number of hydrogen-bond donors (Lipinski definition) is 4. The average Bonchev–Trinajstić information content (AvgIpc) is 3.19. The van der Waals surface area contributed by atoms with E-state index < -0.39 is 72.4 Å². The second-order valence-corrected chi connectivity index (χ2v) is 9.59. The molecule has 5 N–H and O–H groups in total. The molecule has 2 aliphatic heterocycles. The molecule has 1 saturated heterocycles. The van der Waals surface area contributed by atoms with Gasteiger partial charge in [0.1, 0.15) is 18.3 Å². The first-order valence-corrected chi connectivity index (χ1v) is 12.6. The van der Waals surface area contributed by atoms with E-state index >= 15 is 0 Å². The Kier molecular flexibility index (Phi) is 9.91. The number of aliphatic hydroxyl groups is 1. The van der Waals surface area contributed by atoms with Gasteiger partial charge in [0, 0.05) is 19.8 Å². The number of rotatable bonds is 7. The Morgan fingerprint density at radius 2 is 1.84 bits per heavy atom. The van der Waals surface area contributed by atoms with Crippen LogP contribution in [-0.2, 0) is 38.1 Å². The van der Waals surface area contributed by atoms with Crippen molar-refractivity contribution in [3.05, 3.63) is 11.8 Å². The number of carbonyl (C=O) groups excluding carboxylic acids is 3. The monoisotopic (exact) mass is 541 g/mol. The number of carboxylic acids is 1. The number of amides is 1. The van der Waals surface area contributed by atoms with Crippen molar-refractivity contribution in [3.63, 3.8) is 0 Å². The van der Waals surface area contributed by atoms with E-state index in [1.165, 1.54) is 19.9 Å². The Morgan fingerprint density at radius 3 is 2.47 bits per heavy atom. The molecule has 3 rings (SSSR count). The van der Waals surface area contributed by atoms with Crippen molar-refractivity contribution in [1.82, 2.24) is 5.32 Å². The number of aliphatic carboxylic acids is 1. The fourth-order valence-corrected chi connectivity index (χ4v) is 4.77. The van der Waals surface area contributed by atoms with Crippen LogP contribution in [0.3, 0.4) is 0 Å². The molecular weight excluding hydrogens is 506 g/mol. The molecule has 0 aromatic rings. The first kappa shape index (κ1) is 29.2. The van der Waals surface area contributed by atoms with Crippen LogP contribution in [0.2, 0.25) is 0 Å². The molecule has 14 heteroatoms. The SMILES string of the molecule is CC(=O)O[C@H]1[C@H]([C@@H]2OC(C(=O)O)=C[C@H](N=C(N)NC(=O)OC(C)OC(=O)C3CCCCC3)[C@H]2C)OC[C@H]1O. The van der Waals surface area contributed by atoms with Gasteiger partial charge in [0.25, 0.3) is 0 Å². The summed E-state index contributed by atoms with van der Waals surface area (Å²) in [5.74, 6) is -4.10. The molecule has 14 nitrogen and oxygen atoms in total. The summed E-state index contributed by atoms with van der Waals surface area (Å²) >= 11 is 0. The van der Waals surface area contributed by atoms with Crippen LogP contribution in [0.25, 0.3) is 0 Å². The zero-order valence-electron chi connectivity index (χ0n) is 21.5. The van der Waals surface area contributed by atoms with Gasteiger partial charge in [-0.3, -0.25) is 14.9 Å². The molecule has 2 fully saturated rings. The quantitative estimate of drug-likeness (QED) is 0.151. The topological polar surface area (TPSA) is 205 Å². The molecule has 0 bridgehead atoms. The van der Waals surface area contributed by atoms with Gasteiger partial charge in [0.2, 0.25) is 12.0 Å². The summed E-state index contributed by atoms with van der Waals surface area (Å²) in [7, 11) is 0. The van der Waals surface area contributed by atoms with Gasteiger partial charge < -0.3 is 39.6 Å². The number of esters is 2. The molecular formula is C24H35N3O11. The maximum absolute atomic E-state index is 12.3. The minimum Gasteiger partial charge on any atom is -0.480 e. The van der Waals surface area contributed by atoms with E-state index in [1.807, 2.05) is 0 Å². The summed E-state index contributed by atoms with van der Waals surface area (Å²) in [4.78, 5) is 51.9. The molecule has 7 atom stereocenters. The Morgan fingerprint density at radius 1 is 1.16 bits per heavy atom. The van der Waals surface area contributed by atoms with Gasteiger partial charge in [0.05, 0.1) is 18.6 Å². The molecule has 0 spiro atoms. The van der Waals surface area contributed by atoms with Gasteiger partial charge in [-0.25, -0.2) is 14.6 Å². The predicted octanol–water partition coefficient (Wildman–Crippen LogP) is 0.560. The highest BCUT2D eigenvalue weighted by Crippen LogP contribution is 2.34. The van der Waals surface area contributed by atoms with Crippen LogP contribution in [0.15, 0.2) is 16.8 Å². The molecule has 1 amide bonds. The predicted molar refractivity (Wildman–Crippen MR) is 128 cm³/mol. The highest BCUT2D eigenvalue weighted by molar-refractivity contribution is 5.93. The Hall–Kier alpha value is -3.39. The van der Waals surface area contributed by atoms with Crippen LogP contribution in [0, 0.1) is 11.8 Å². The Bertz CT molecular complexity index is 962. The van der Waals surface area contributed by atoms with Crippen LogP contribution in [0.5, 0.6) is 0 Å². The number of aliphatic hydroxyl groups excluding tert-OH is 1. The molecule has 1 saturated carbocycles. The Labute approximate surface area is 219 Å². The number of alkyl carbamates (subject to hydrolysis) is 1. The number of nitrogens with zero attached hydrogens (tertiary/aromatic N) is 1. The van der Waals surface area contributed by atoms with Gasteiger partial charge in [0.15, 0.2) is 12.1 Å². The molecule has 2 heterocycles. The molecule has 0 radical (unpaired) electrons. The number of hydrogen-bond acceptors (Lipinski definition) is 11. The largest absolute Gasteiger partial charge is 0.480 e. The summed E-state index contributed by atoms with van der Waals surface area (Å²) in [6, 6.07) is -0.902. The highest BCUT2D eigenvalue weighted by atomic mass is 16.7. The van der Waals surface area contributed by atoms with E-state index in [-0.39, 0.29) is 18.5 Å². The summed E-state index contributed by atoms with van der Waals surface area (Å²) < 4.78 is 26.6. The van der Waals surface area contributed by atoms with Crippen molar-refractivity contribution in [2.75, 3.05) is 6.61 Å². The fraction of sp³-hybridized carbons (Fsp3) is 0.708. The summed E-state index contributed by atoms with van der Waals surface area (Å²) in [6.07, 6.45) is -0.703. The fourth-order valence-electron chi connectivity index (χ4n) is 4.77. The smallest absolute Gasteiger partial charge is 0.417 e. The number of nitrogens with two attached hydrogens (primary N) is 1. The summed E-state index contributed by atoms with van der Waals surface area (Å²) in [5.41, 5.74) is 5.87. The average molecular weight is 542 g/mol. The van der Waals surface area contributed by atoms with E-state index in [1.54, 1.807) is 6.92 Å². The molecule has 3 aliphatic rings. The minimum atomic E-state index is -1.38. The van der Waals surface area contributed by atoms with Gasteiger partial charge in [-0.1, -0.05) is 26.2 Å². The number of carboxylic acid groups (broad SMARTS) is 1. The number of guanidine groups is 1. The third kappa shape index (κ3) is 7.57. The van der Waals surface area contributed by atoms with Crippen LogP contribution in [0.1, 0.15) is 52.9 Å². The maximum Gasteiger partial charge on any atom is 0.417 e. The van der Waals surface area contributed by atoms with Crippen molar-refractivity contribution in [1.29, 1.82) is 0 Å². The number of aliphatic imine (C=N–C) groups is 1. The van der Waals surface area contributed by atoms with E-state index in [4.69, 9.17) is 29.4 Å². The third-order valence-corrected chi connectivity index (χ3v) is 6.65. The van der Waals surface area contributed by atoms with Gasteiger partial charge in [-0.2, -0.15) is 0 Å². The second kappa shape index (κ2) is 12.9. The lowest BCUT2D eigenvalue weighted by Crippen LogP contribution is -2.50. The van der Waals surface area contributed by atoms with E-state index in [9.17, 15) is 29.4 Å². The lowest BCUT2D eigenvalue weighted by Gasteiger charge is -2.37. The van der Waals surface area contributed by atoms with Crippen molar-refractivity contribution in [2.24, 2.45) is 22.6 Å². The van der Waals surface area contributed by atoms with Crippen LogP contribution in [0.4, 0.5) is 4.79 Å². The normalized spacial score (nSPS) is 30.8. The van der Waals surface area contributed by atoms with Gasteiger partial charge in [-0.15, -0.1) is 0 Å². The zero-order chi connectivity index (χ0) is 28.0. The molecule has 1 unspecified atom stereocenters. The van der Waals surface area contributed by atoms with Gasteiger partial charge >= 0.3 is 24.0 Å².